The number of nitrogens with one attached hydrogen (secondary N) is 1. The molecule has 0 fully saturated rings. The summed E-state index contributed by atoms with van der Waals surface area (Å²) in [5, 5.41) is 12.0. The van der Waals surface area contributed by atoms with Crippen molar-refractivity contribution in [1.82, 2.24) is 5.32 Å². The highest BCUT2D eigenvalue weighted by Gasteiger charge is 2.13. The summed E-state index contributed by atoms with van der Waals surface area (Å²) in [7, 11) is 1.55. The van der Waals surface area contributed by atoms with Gasteiger partial charge in [0.15, 0.2) is 0 Å². The Balaban J connectivity index is 2.27. The second-order valence-corrected chi connectivity index (χ2v) is 4.93. The van der Waals surface area contributed by atoms with Crippen molar-refractivity contribution in [3.05, 3.63) is 39.7 Å². The van der Waals surface area contributed by atoms with E-state index in [1.54, 1.807) is 19.2 Å². The molecule has 6 heteroatoms. The highest BCUT2D eigenvalue weighted by Crippen LogP contribution is 2.24. The molecule has 0 unspecified atom stereocenters. The Labute approximate surface area is 127 Å². The van der Waals surface area contributed by atoms with E-state index in [2.05, 4.69) is 5.32 Å². The number of ether oxygens (including phenoxy) is 1. The number of fused-ring (bicyclic) bond motifs is 1. The minimum absolute atomic E-state index is 0.106. The number of aliphatic hydroxyl groups excluding tert-OH is 1. The van der Waals surface area contributed by atoms with Crippen LogP contribution in [0.1, 0.15) is 17.5 Å². The van der Waals surface area contributed by atoms with E-state index in [0.717, 1.165) is 10.9 Å². The lowest BCUT2D eigenvalue weighted by atomic mass is 10.0. The monoisotopic (exact) mass is 305 g/mol. The zero-order chi connectivity index (χ0) is 16.1. The van der Waals surface area contributed by atoms with Crippen molar-refractivity contribution in [1.29, 1.82) is 0 Å². The first-order valence-electron chi connectivity index (χ1n) is 7.04. The van der Waals surface area contributed by atoms with Crippen LogP contribution < -0.4 is 15.7 Å². The summed E-state index contributed by atoms with van der Waals surface area (Å²) in [5.74, 6) is 0.411. The van der Waals surface area contributed by atoms with Crippen LogP contribution in [0, 0.1) is 6.92 Å². The van der Waals surface area contributed by atoms with Gasteiger partial charge in [-0.25, -0.2) is 4.79 Å². The first kappa shape index (κ1) is 16.0. The number of hydrogen-bond acceptors (Lipinski definition) is 5. The van der Waals surface area contributed by atoms with Crippen LogP contribution in [0.4, 0.5) is 0 Å². The largest absolute Gasteiger partial charge is 0.497 e. The number of rotatable bonds is 6. The van der Waals surface area contributed by atoms with E-state index in [4.69, 9.17) is 14.3 Å². The lowest BCUT2D eigenvalue weighted by Crippen LogP contribution is -2.27. The van der Waals surface area contributed by atoms with Crippen molar-refractivity contribution >= 4 is 16.9 Å². The van der Waals surface area contributed by atoms with Crippen LogP contribution in [-0.2, 0) is 11.2 Å². The van der Waals surface area contributed by atoms with Crippen molar-refractivity contribution in [2.45, 2.75) is 19.8 Å². The first-order chi connectivity index (χ1) is 10.6. The number of methoxy groups -OCH3 is 1. The van der Waals surface area contributed by atoms with Gasteiger partial charge in [0.25, 0.3) is 0 Å². The Morgan fingerprint density at radius 1 is 1.41 bits per heavy atom. The molecule has 0 radical (unpaired) electrons. The van der Waals surface area contributed by atoms with Crippen LogP contribution in [-0.4, -0.2) is 31.3 Å². The molecule has 0 atom stereocenters. The van der Waals surface area contributed by atoms with Gasteiger partial charge in [0.05, 0.1) is 13.7 Å². The van der Waals surface area contributed by atoms with E-state index in [9.17, 15) is 9.59 Å². The fourth-order valence-electron chi connectivity index (χ4n) is 2.31. The van der Waals surface area contributed by atoms with Crippen molar-refractivity contribution < 1.29 is 19.1 Å². The second kappa shape index (κ2) is 7.09. The van der Waals surface area contributed by atoms with E-state index >= 15 is 0 Å². The minimum Gasteiger partial charge on any atom is -0.497 e. The minimum atomic E-state index is -0.437. The zero-order valence-electron chi connectivity index (χ0n) is 12.6. The number of hydrogen-bond donors (Lipinski definition) is 2. The zero-order valence-corrected chi connectivity index (χ0v) is 12.6. The van der Waals surface area contributed by atoms with Crippen molar-refractivity contribution in [2.24, 2.45) is 0 Å². The van der Waals surface area contributed by atoms with Gasteiger partial charge in [-0.05, 0) is 31.0 Å². The molecule has 0 aliphatic rings. The number of amides is 1. The van der Waals surface area contributed by atoms with Crippen molar-refractivity contribution in [2.75, 3.05) is 20.3 Å². The predicted octanol–water partition coefficient (Wildman–Crippen LogP) is 1.15. The fourth-order valence-corrected chi connectivity index (χ4v) is 2.31. The molecule has 6 nitrogen and oxygen atoms in total. The molecule has 0 bridgehead atoms. The van der Waals surface area contributed by atoms with E-state index in [1.807, 2.05) is 13.0 Å². The smallest absolute Gasteiger partial charge is 0.339 e. The topological polar surface area (TPSA) is 88.8 Å². The van der Waals surface area contributed by atoms with Crippen LogP contribution in [0.15, 0.2) is 27.4 Å². The Kier molecular flexibility index (Phi) is 5.16. The highest BCUT2D eigenvalue weighted by molar-refractivity contribution is 5.82. The number of aryl methyl sites for hydroxylation is 1. The maximum absolute atomic E-state index is 12.1. The summed E-state index contributed by atoms with van der Waals surface area (Å²) in [4.78, 5) is 23.7. The molecule has 0 aliphatic heterocycles. The molecular weight excluding hydrogens is 286 g/mol. The van der Waals surface area contributed by atoms with E-state index in [1.165, 1.54) is 0 Å². The maximum Gasteiger partial charge on any atom is 0.339 e. The molecule has 1 aromatic carbocycles. The Morgan fingerprint density at radius 3 is 2.86 bits per heavy atom. The predicted molar refractivity (Wildman–Crippen MR) is 82.2 cm³/mol. The quantitative estimate of drug-likeness (QED) is 0.782. The van der Waals surface area contributed by atoms with Gasteiger partial charge in [0.2, 0.25) is 5.91 Å². The Morgan fingerprint density at radius 2 is 2.18 bits per heavy atom. The van der Waals surface area contributed by atoms with Crippen molar-refractivity contribution in [3.63, 3.8) is 0 Å². The lowest BCUT2D eigenvalue weighted by Gasteiger charge is -2.09. The Bertz CT molecular complexity index is 735. The summed E-state index contributed by atoms with van der Waals surface area (Å²) >= 11 is 0. The lowest BCUT2D eigenvalue weighted by molar-refractivity contribution is -0.121. The average Bonchev–Trinajstić information content (AvgIpc) is 2.52. The molecule has 118 valence electrons. The maximum atomic E-state index is 12.1. The molecule has 1 aromatic heterocycles. The van der Waals surface area contributed by atoms with Gasteiger partial charge in [-0.3, -0.25) is 4.79 Å². The molecule has 0 aliphatic carbocycles. The standard InChI is InChI=1S/C16H19NO5/c1-10-12-4-3-11(21-2)9-14(12)22-16(20)13(10)5-6-15(19)17-7-8-18/h3-4,9,18H,5-8H2,1-2H3,(H,17,19). The highest BCUT2D eigenvalue weighted by atomic mass is 16.5. The van der Waals surface area contributed by atoms with Gasteiger partial charge < -0.3 is 19.6 Å². The Hall–Kier alpha value is -2.34. The van der Waals surface area contributed by atoms with Gasteiger partial charge in [-0.15, -0.1) is 0 Å². The van der Waals surface area contributed by atoms with Gasteiger partial charge in [-0.2, -0.15) is 0 Å². The van der Waals surface area contributed by atoms with Crippen LogP contribution in [0.2, 0.25) is 0 Å². The summed E-state index contributed by atoms with van der Waals surface area (Å²) in [6.07, 6.45) is 0.473. The van der Waals surface area contributed by atoms with E-state index in [0.29, 0.717) is 23.3 Å². The third kappa shape index (κ3) is 3.46. The number of carbonyl (C=O) groups is 1. The molecule has 0 saturated carbocycles. The molecule has 2 rings (SSSR count). The van der Waals surface area contributed by atoms with Crippen LogP contribution in [0.3, 0.4) is 0 Å². The SMILES string of the molecule is COc1ccc2c(C)c(CCC(=O)NCCO)c(=O)oc2c1. The van der Waals surface area contributed by atoms with Crippen LogP contribution in [0.5, 0.6) is 5.75 Å². The summed E-state index contributed by atoms with van der Waals surface area (Å²) in [5.41, 5.74) is 1.34. The number of benzene rings is 1. The van der Waals surface area contributed by atoms with Crippen LogP contribution >= 0.6 is 0 Å². The summed E-state index contributed by atoms with van der Waals surface area (Å²) in [6.45, 7) is 1.95. The second-order valence-electron chi connectivity index (χ2n) is 4.93. The van der Waals surface area contributed by atoms with Crippen molar-refractivity contribution in [3.8, 4) is 5.75 Å². The number of aliphatic hydroxyl groups is 1. The molecule has 1 amide bonds. The normalized spacial score (nSPS) is 10.7. The molecule has 2 aromatic rings. The third-order valence-electron chi connectivity index (χ3n) is 3.53. The molecular formula is C16H19NO5. The van der Waals surface area contributed by atoms with Gasteiger partial charge >= 0.3 is 5.63 Å². The van der Waals surface area contributed by atoms with Crippen LogP contribution in [0.25, 0.3) is 11.0 Å². The molecule has 1 heterocycles. The molecule has 22 heavy (non-hydrogen) atoms. The third-order valence-corrected chi connectivity index (χ3v) is 3.53. The van der Waals surface area contributed by atoms with Gasteiger partial charge in [-0.1, -0.05) is 0 Å². The fraction of sp³-hybridized carbons (Fsp3) is 0.375. The molecule has 2 N–H and O–H groups in total. The number of carbonyl (C=O) groups excluding carboxylic acids is 1. The molecule has 0 spiro atoms. The van der Waals surface area contributed by atoms with Gasteiger partial charge in [0, 0.05) is 30.0 Å². The van der Waals surface area contributed by atoms with E-state index in [-0.39, 0.29) is 25.5 Å². The summed E-state index contributed by atoms with van der Waals surface area (Å²) < 4.78 is 10.4. The van der Waals surface area contributed by atoms with E-state index < -0.39 is 5.63 Å². The molecule has 0 saturated heterocycles. The summed E-state index contributed by atoms with van der Waals surface area (Å²) in [6, 6.07) is 5.30. The van der Waals surface area contributed by atoms with Gasteiger partial charge in [0.1, 0.15) is 11.3 Å². The average molecular weight is 305 g/mol. The first-order valence-corrected chi connectivity index (χ1v) is 7.04.